The highest BCUT2D eigenvalue weighted by molar-refractivity contribution is 6.31. The van der Waals surface area contributed by atoms with Gasteiger partial charge in [-0.2, -0.15) is 0 Å². The first-order valence-electron chi connectivity index (χ1n) is 8.04. The molecule has 0 atom stereocenters. The zero-order valence-electron chi connectivity index (χ0n) is 13.6. The van der Waals surface area contributed by atoms with Gasteiger partial charge in [-0.1, -0.05) is 11.6 Å². The number of halogens is 5. The minimum absolute atomic E-state index is 0.117. The van der Waals surface area contributed by atoms with Crippen LogP contribution in [0.15, 0.2) is 30.6 Å². The van der Waals surface area contributed by atoms with Crippen LogP contribution in [-0.2, 0) is 0 Å². The molecule has 1 aliphatic carbocycles. The van der Waals surface area contributed by atoms with Crippen LogP contribution in [-0.4, -0.2) is 21.8 Å². The Bertz CT molecular complexity index is 1060. The number of alkyl halides is 2. The lowest BCUT2D eigenvalue weighted by Gasteiger charge is -2.34. The molecule has 1 saturated carbocycles. The van der Waals surface area contributed by atoms with E-state index in [4.69, 9.17) is 11.6 Å². The number of anilines is 1. The van der Waals surface area contributed by atoms with E-state index in [9.17, 15) is 22.4 Å². The maximum absolute atomic E-state index is 13.5. The molecule has 27 heavy (non-hydrogen) atoms. The van der Waals surface area contributed by atoms with Gasteiger partial charge in [0.1, 0.15) is 0 Å². The number of hydrogen-bond acceptors (Lipinski definition) is 2. The molecule has 3 aromatic rings. The van der Waals surface area contributed by atoms with Crippen LogP contribution in [0, 0.1) is 11.6 Å². The van der Waals surface area contributed by atoms with Crippen molar-refractivity contribution >= 4 is 34.1 Å². The Hall–Kier alpha value is -2.61. The third kappa shape index (κ3) is 3.25. The predicted octanol–water partition coefficient (Wildman–Crippen LogP) is 5.26. The first kappa shape index (κ1) is 17.8. The highest BCUT2D eigenvalue weighted by atomic mass is 35.5. The fourth-order valence-electron chi connectivity index (χ4n) is 3.14. The van der Waals surface area contributed by atoms with Crippen molar-refractivity contribution in [2.24, 2.45) is 0 Å². The predicted molar refractivity (Wildman–Crippen MR) is 92.3 cm³/mol. The molecule has 4 rings (SSSR count). The SMILES string of the molecule is O=C(Nc1c[nH]c2cc(F)c(F)cc12)c1cnc(C2CC(F)(F)C2)c(Cl)c1. The van der Waals surface area contributed by atoms with Gasteiger partial charge in [0.15, 0.2) is 11.6 Å². The number of H-pyrrole nitrogens is 1. The van der Waals surface area contributed by atoms with Crippen LogP contribution >= 0.6 is 11.6 Å². The van der Waals surface area contributed by atoms with E-state index in [1.54, 1.807) is 0 Å². The number of aromatic amines is 1. The normalized spacial score (nSPS) is 16.3. The van der Waals surface area contributed by atoms with Crippen LogP contribution in [0.4, 0.5) is 23.2 Å². The van der Waals surface area contributed by atoms with E-state index in [-0.39, 0.29) is 29.1 Å². The molecule has 0 aliphatic heterocycles. The van der Waals surface area contributed by atoms with Gasteiger partial charge < -0.3 is 10.3 Å². The highest BCUT2D eigenvalue weighted by Crippen LogP contribution is 2.49. The van der Waals surface area contributed by atoms with E-state index in [1.807, 2.05) is 0 Å². The molecular formula is C18H12ClF4N3O. The Morgan fingerprint density at radius 1 is 1.22 bits per heavy atom. The molecule has 1 aromatic carbocycles. The fourth-order valence-corrected chi connectivity index (χ4v) is 3.46. The molecule has 1 aliphatic rings. The number of aromatic nitrogens is 2. The molecule has 140 valence electrons. The van der Waals surface area contributed by atoms with Gasteiger partial charge in [0.05, 0.1) is 27.5 Å². The molecule has 1 fully saturated rings. The highest BCUT2D eigenvalue weighted by Gasteiger charge is 2.47. The number of hydrogen-bond donors (Lipinski definition) is 2. The molecule has 9 heteroatoms. The van der Waals surface area contributed by atoms with Crippen LogP contribution in [0.2, 0.25) is 5.02 Å². The standard InChI is InChI=1S/C18H12ClF4N3O/c19-11-1-8(6-25-16(11)9-4-18(22,23)5-9)17(27)26-15-7-24-14-3-13(21)12(20)2-10(14)15/h1-3,6-7,9,24H,4-5H2,(H,26,27). The minimum atomic E-state index is -2.70. The zero-order chi connectivity index (χ0) is 19.3. The Morgan fingerprint density at radius 3 is 2.59 bits per heavy atom. The Labute approximate surface area is 155 Å². The van der Waals surface area contributed by atoms with E-state index in [0.29, 0.717) is 16.6 Å². The average Bonchev–Trinajstić information content (AvgIpc) is 2.95. The van der Waals surface area contributed by atoms with Crippen molar-refractivity contribution in [2.75, 3.05) is 5.32 Å². The number of nitrogens with one attached hydrogen (secondary N) is 2. The molecule has 2 heterocycles. The van der Waals surface area contributed by atoms with Gasteiger partial charge in [0.2, 0.25) is 5.92 Å². The molecule has 0 bridgehead atoms. The Morgan fingerprint density at radius 2 is 1.93 bits per heavy atom. The summed E-state index contributed by atoms with van der Waals surface area (Å²) in [6.07, 6.45) is 2.02. The number of fused-ring (bicyclic) bond motifs is 1. The smallest absolute Gasteiger partial charge is 0.257 e. The summed E-state index contributed by atoms with van der Waals surface area (Å²) in [5, 5.41) is 3.00. The number of benzene rings is 1. The lowest BCUT2D eigenvalue weighted by Crippen LogP contribution is -2.34. The van der Waals surface area contributed by atoms with E-state index in [1.165, 1.54) is 18.5 Å². The quantitative estimate of drug-likeness (QED) is 0.592. The van der Waals surface area contributed by atoms with Gasteiger partial charge >= 0.3 is 0 Å². The lowest BCUT2D eigenvalue weighted by atomic mass is 9.79. The second-order valence-corrected chi connectivity index (χ2v) is 6.93. The monoisotopic (exact) mass is 397 g/mol. The number of carbonyl (C=O) groups is 1. The van der Waals surface area contributed by atoms with Crippen LogP contribution in [0.5, 0.6) is 0 Å². The summed E-state index contributed by atoms with van der Waals surface area (Å²) in [6, 6.07) is 3.31. The summed E-state index contributed by atoms with van der Waals surface area (Å²) in [5.41, 5.74) is 1.03. The summed E-state index contributed by atoms with van der Waals surface area (Å²) in [4.78, 5) is 19.2. The van der Waals surface area contributed by atoms with E-state index < -0.39 is 29.4 Å². The van der Waals surface area contributed by atoms with Crippen molar-refractivity contribution in [1.29, 1.82) is 0 Å². The third-order valence-electron chi connectivity index (χ3n) is 4.58. The molecule has 0 unspecified atom stereocenters. The number of carbonyl (C=O) groups excluding carboxylic acids is 1. The molecular weight excluding hydrogens is 386 g/mol. The third-order valence-corrected chi connectivity index (χ3v) is 4.88. The summed E-state index contributed by atoms with van der Waals surface area (Å²) in [5.74, 6) is -5.74. The van der Waals surface area contributed by atoms with Crippen molar-refractivity contribution in [2.45, 2.75) is 24.7 Å². The van der Waals surface area contributed by atoms with E-state index in [2.05, 4.69) is 15.3 Å². The minimum Gasteiger partial charge on any atom is -0.359 e. The lowest BCUT2D eigenvalue weighted by molar-refractivity contribution is -0.0875. The molecule has 4 nitrogen and oxygen atoms in total. The largest absolute Gasteiger partial charge is 0.359 e. The molecule has 0 saturated heterocycles. The van der Waals surface area contributed by atoms with Crippen LogP contribution in [0.3, 0.4) is 0 Å². The first-order valence-corrected chi connectivity index (χ1v) is 8.42. The number of rotatable bonds is 3. The second-order valence-electron chi connectivity index (χ2n) is 6.52. The van der Waals surface area contributed by atoms with Crippen molar-refractivity contribution in [3.63, 3.8) is 0 Å². The van der Waals surface area contributed by atoms with Gasteiger partial charge in [-0.25, -0.2) is 17.6 Å². The van der Waals surface area contributed by atoms with Crippen molar-refractivity contribution in [3.8, 4) is 0 Å². The van der Waals surface area contributed by atoms with Crippen molar-refractivity contribution in [3.05, 3.63) is 58.5 Å². The number of nitrogens with zero attached hydrogens (tertiary/aromatic N) is 1. The summed E-state index contributed by atoms with van der Waals surface area (Å²) in [6.45, 7) is 0. The molecule has 0 radical (unpaired) electrons. The van der Waals surface area contributed by atoms with Crippen LogP contribution < -0.4 is 5.32 Å². The van der Waals surface area contributed by atoms with E-state index in [0.717, 1.165) is 12.1 Å². The molecule has 2 aromatic heterocycles. The summed E-state index contributed by atoms with van der Waals surface area (Å²) >= 11 is 6.10. The van der Waals surface area contributed by atoms with Gasteiger partial charge in [0.25, 0.3) is 5.91 Å². The average molecular weight is 398 g/mol. The molecule has 1 amide bonds. The topological polar surface area (TPSA) is 57.8 Å². The van der Waals surface area contributed by atoms with Gasteiger partial charge in [-0.3, -0.25) is 9.78 Å². The number of amides is 1. The maximum atomic E-state index is 13.5. The molecule has 2 N–H and O–H groups in total. The number of pyridine rings is 1. The van der Waals surface area contributed by atoms with Gasteiger partial charge in [-0.15, -0.1) is 0 Å². The van der Waals surface area contributed by atoms with Crippen LogP contribution in [0.1, 0.15) is 34.8 Å². The summed E-state index contributed by atoms with van der Waals surface area (Å²) < 4.78 is 52.7. The molecule has 0 spiro atoms. The Balaban J connectivity index is 1.55. The second kappa shape index (κ2) is 6.23. The fraction of sp³-hybridized carbons (Fsp3) is 0.222. The first-order chi connectivity index (χ1) is 12.7. The van der Waals surface area contributed by atoms with Gasteiger partial charge in [-0.05, 0) is 12.1 Å². The Kier molecular flexibility index (Phi) is 4.10. The van der Waals surface area contributed by atoms with Crippen molar-refractivity contribution in [1.82, 2.24) is 9.97 Å². The van der Waals surface area contributed by atoms with Crippen molar-refractivity contribution < 1.29 is 22.4 Å². The maximum Gasteiger partial charge on any atom is 0.257 e. The van der Waals surface area contributed by atoms with Gasteiger partial charge in [0, 0.05) is 42.6 Å². The van der Waals surface area contributed by atoms with E-state index >= 15 is 0 Å². The summed E-state index contributed by atoms with van der Waals surface area (Å²) in [7, 11) is 0. The zero-order valence-corrected chi connectivity index (χ0v) is 14.4. The van der Waals surface area contributed by atoms with Crippen LogP contribution in [0.25, 0.3) is 10.9 Å².